The van der Waals surface area contributed by atoms with Gasteiger partial charge < -0.3 is 0 Å². The fourth-order valence-corrected chi connectivity index (χ4v) is 2.35. The molecular formula is C10H10BrNS. The Labute approximate surface area is 91.3 Å². The molecule has 0 aromatic heterocycles. The van der Waals surface area contributed by atoms with Crippen LogP contribution in [0.5, 0.6) is 0 Å². The lowest BCUT2D eigenvalue weighted by molar-refractivity contribution is 0.947. The molecule has 0 radical (unpaired) electrons. The Balaban J connectivity index is 3.15. The van der Waals surface area contributed by atoms with E-state index in [1.54, 1.807) is 11.8 Å². The molecule has 0 aliphatic carbocycles. The molecule has 0 saturated carbocycles. The Hall–Kier alpha value is -0.460. The van der Waals surface area contributed by atoms with Crippen LogP contribution in [-0.2, 0) is 0 Å². The summed E-state index contributed by atoms with van der Waals surface area (Å²) in [7, 11) is 0. The van der Waals surface area contributed by atoms with E-state index >= 15 is 0 Å². The van der Waals surface area contributed by atoms with Crippen LogP contribution < -0.4 is 0 Å². The zero-order chi connectivity index (χ0) is 9.84. The average molecular weight is 256 g/mol. The Kier molecular flexibility index (Phi) is 3.83. The maximum atomic E-state index is 8.81. The van der Waals surface area contributed by atoms with Gasteiger partial charge in [-0.2, -0.15) is 5.26 Å². The van der Waals surface area contributed by atoms with Gasteiger partial charge in [-0.15, -0.1) is 11.8 Å². The zero-order valence-electron chi connectivity index (χ0n) is 7.54. The van der Waals surface area contributed by atoms with Gasteiger partial charge in [0.15, 0.2) is 0 Å². The fourth-order valence-electron chi connectivity index (χ4n) is 1.11. The molecule has 0 saturated heterocycles. The van der Waals surface area contributed by atoms with E-state index in [9.17, 15) is 0 Å². The molecule has 1 unspecified atom stereocenters. The van der Waals surface area contributed by atoms with E-state index in [0.29, 0.717) is 0 Å². The van der Waals surface area contributed by atoms with Crippen molar-refractivity contribution in [3.05, 3.63) is 28.2 Å². The number of hydrogen-bond donors (Lipinski definition) is 0. The van der Waals surface area contributed by atoms with Crippen LogP contribution in [0.15, 0.2) is 27.6 Å². The first-order valence-electron chi connectivity index (χ1n) is 3.92. The maximum absolute atomic E-state index is 8.81. The van der Waals surface area contributed by atoms with Gasteiger partial charge in [0, 0.05) is 9.37 Å². The maximum Gasteiger partial charge on any atom is 0.0701 e. The predicted molar refractivity (Wildman–Crippen MR) is 60.0 cm³/mol. The molecule has 0 N–H and O–H groups in total. The summed E-state index contributed by atoms with van der Waals surface area (Å²) < 4.78 is 1.06. The summed E-state index contributed by atoms with van der Waals surface area (Å²) in [4.78, 5) is 1.17. The van der Waals surface area contributed by atoms with Gasteiger partial charge in [0.2, 0.25) is 0 Å². The number of rotatable bonds is 2. The van der Waals surface area contributed by atoms with E-state index in [0.717, 1.165) is 10.0 Å². The zero-order valence-corrected chi connectivity index (χ0v) is 9.95. The van der Waals surface area contributed by atoms with E-state index in [4.69, 9.17) is 5.26 Å². The minimum atomic E-state index is -0.0319. The van der Waals surface area contributed by atoms with Crippen LogP contribution >= 0.6 is 27.7 Å². The van der Waals surface area contributed by atoms with Gasteiger partial charge in [-0.1, -0.05) is 22.0 Å². The molecule has 3 heteroatoms. The van der Waals surface area contributed by atoms with E-state index in [2.05, 4.69) is 22.0 Å². The van der Waals surface area contributed by atoms with Gasteiger partial charge in [-0.25, -0.2) is 0 Å². The second-order valence-corrected chi connectivity index (χ2v) is 4.50. The number of benzene rings is 1. The second kappa shape index (κ2) is 4.69. The van der Waals surface area contributed by atoms with E-state index in [-0.39, 0.29) is 5.92 Å². The molecule has 0 aliphatic rings. The van der Waals surface area contributed by atoms with Crippen molar-refractivity contribution in [2.75, 3.05) is 6.26 Å². The molecule has 1 aromatic carbocycles. The topological polar surface area (TPSA) is 23.8 Å². The molecule has 1 atom stereocenters. The van der Waals surface area contributed by atoms with Gasteiger partial charge in [0.05, 0.1) is 12.0 Å². The summed E-state index contributed by atoms with van der Waals surface area (Å²) in [5.74, 6) is -0.0319. The first kappa shape index (κ1) is 10.6. The monoisotopic (exact) mass is 255 g/mol. The van der Waals surface area contributed by atoms with Crippen molar-refractivity contribution in [3.63, 3.8) is 0 Å². The molecule has 1 aromatic rings. The second-order valence-electron chi connectivity index (χ2n) is 2.74. The molecule has 13 heavy (non-hydrogen) atoms. The SMILES string of the molecule is CSc1cc(Br)ccc1C(C)C#N. The molecule has 0 fully saturated rings. The third kappa shape index (κ3) is 2.49. The predicted octanol–water partition coefficient (Wildman–Crippen LogP) is 3.80. The van der Waals surface area contributed by atoms with E-state index in [1.165, 1.54) is 4.90 Å². The van der Waals surface area contributed by atoms with Crippen molar-refractivity contribution in [2.24, 2.45) is 0 Å². The highest BCUT2D eigenvalue weighted by molar-refractivity contribution is 9.10. The number of halogens is 1. The van der Waals surface area contributed by atoms with Crippen molar-refractivity contribution in [1.29, 1.82) is 5.26 Å². The van der Waals surface area contributed by atoms with Crippen LogP contribution in [0.1, 0.15) is 18.4 Å². The number of nitrogens with zero attached hydrogens (tertiary/aromatic N) is 1. The summed E-state index contributed by atoms with van der Waals surface area (Å²) in [6, 6.07) is 8.28. The lowest BCUT2D eigenvalue weighted by Crippen LogP contribution is -1.92. The quantitative estimate of drug-likeness (QED) is 0.751. The number of nitriles is 1. The first-order chi connectivity index (χ1) is 6.19. The van der Waals surface area contributed by atoms with Gasteiger partial charge in [0.1, 0.15) is 0 Å². The summed E-state index contributed by atoms with van der Waals surface area (Å²) in [6.07, 6.45) is 2.02. The lowest BCUT2D eigenvalue weighted by Gasteiger charge is -2.08. The highest BCUT2D eigenvalue weighted by atomic mass is 79.9. The van der Waals surface area contributed by atoms with Gasteiger partial charge >= 0.3 is 0 Å². The number of thioether (sulfide) groups is 1. The van der Waals surface area contributed by atoms with Crippen LogP contribution in [0.25, 0.3) is 0 Å². The minimum Gasteiger partial charge on any atom is -0.198 e. The molecule has 1 nitrogen and oxygen atoms in total. The minimum absolute atomic E-state index is 0.0319. The molecular weight excluding hydrogens is 246 g/mol. The molecule has 0 heterocycles. The Morgan fingerprint density at radius 2 is 2.23 bits per heavy atom. The van der Waals surface area contributed by atoms with Gasteiger partial charge in [-0.05, 0) is 30.9 Å². The number of hydrogen-bond acceptors (Lipinski definition) is 2. The average Bonchev–Trinajstić information content (AvgIpc) is 2.16. The summed E-state index contributed by atoms with van der Waals surface area (Å²) in [6.45, 7) is 1.92. The third-order valence-corrected chi connectivity index (χ3v) is 3.14. The van der Waals surface area contributed by atoms with Crippen molar-refractivity contribution >= 4 is 27.7 Å². The highest BCUT2D eigenvalue weighted by Gasteiger charge is 2.08. The van der Waals surface area contributed by atoms with Crippen molar-refractivity contribution in [1.82, 2.24) is 0 Å². The third-order valence-electron chi connectivity index (χ3n) is 1.86. The van der Waals surface area contributed by atoms with Crippen LogP contribution in [0.4, 0.5) is 0 Å². The molecule has 0 amide bonds. The van der Waals surface area contributed by atoms with Crippen molar-refractivity contribution in [3.8, 4) is 6.07 Å². The standard InChI is InChI=1S/C10H10BrNS/c1-7(6-12)9-4-3-8(11)5-10(9)13-2/h3-5,7H,1-2H3. The molecule has 0 aliphatic heterocycles. The van der Waals surface area contributed by atoms with E-state index < -0.39 is 0 Å². The molecule has 0 spiro atoms. The normalized spacial score (nSPS) is 12.2. The van der Waals surface area contributed by atoms with Gasteiger partial charge in [0.25, 0.3) is 0 Å². The van der Waals surface area contributed by atoms with Crippen molar-refractivity contribution < 1.29 is 0 Å². The van der Waals surface area contributed by atoms with Crippen LogP contribution in [0.2, 0.25) is 0 Å². The highest BCUT2D eigenvalue weighted by Crippen LogP contribution is 2.29. The van der Waals surface area contributed by atoms with Gasteiger partial charge in [-0.3, -0.25) is 0 Å². The Morgan fingerprint density at radius 3 is 2.77 bits per heavy atom. The van der Waals surface area contributed by atoms with Crippen LogP contribution in [0, 0.1) is 11.3 Å². The fraction of sp³-hybridized carbons (Fsp3) is 0.300. The first-order valence-corrected chi connectivity index (χ1v) is 5.94. The summed E-state index contributed by atoms with van der Waals surface area (Å²) in [5.41, 5.74) is 1.11. The summed E-state index contributed by atoms with van der Waals surface area (Å²) >= 11 is 5.08. The Bertz CT molecular complexity index is 343. The smallest absolute Gasteiger partial charge is 0.0701 e. The lowest BCUT2D eigenvalue weighted by atomic mass is 10.0. The van der Waals surface area contributed by atoms with Crippen LogP contribution in [0.3, 0.4) is 0 Å². The molecule has 68 valence electrons. The van der Waals surface area contributed by atoms with Crippen molar-refractivity contribution in [2.45, 2.75) is 17.7 Å². The van der Waals surface area contributed by atoms with E-state index in [1.807, 2.05) is 31.4 Å². The molecule has 0 bridgehead atoms. The van der Waals surface area contributed by atoms with Crippen LogP contribution in [-0.4, -0.2) is 6.26 Å². The molecule has 1 rings (SSSR count). The Morgan fingerprint density at radius 1 is 1.54 bits per heavy atom. The summed E-state index contributed by atoms with van der Waals surface area (Å²) in [5, 5.41) is 8.81. The largest absolute Gasteiger partial charge is 0.198 e.